The summed E-state index contributed by atoms with van der Waals surface area (Å²) < 4.78 is 0. The molecule has 0 unspecified atom stereocenters. The molecule has 6 rings (SSSR count). The van der Waals surface area contributed by atoms with Crippen LogP contribution in [0, 0.1) is 30.6 Å². The van der Waals surface area contributed by atoms with Crippen LogP contribution < -0.4 is 10.9 Å². The van der Waals surface area contributed by atoms with Crippen LogP contribution in [0.5, 0.6) is 0 Å². The van der Waals surface area contributed by atoms with Crippen molar-refractivity contribution in [3.8, 4) is 0 Å². The number of hydrazone groups is 2. The zero-order valence-corrected chi connectivity index (χ0v) is 31.7. The molecule has 6 aromatic rings. The van der Waals surface area contributed by atoms with Crippen LogP contribution in [0.2, 0.25) is 0 Å². The van der Waals surface area contributed by atoms with E-state index in [2.05, 4.69) is 31.0 Å². The van der Waals surface area contributed by atoms with Gasteiger partial charge in [0.2, 0.25) is 0 Å². The normalized spacial score (nSPS) is 9.93. The Morgan fingerprint density at radius 2 is 0.679 bits per heavy atom. The van der Waals surface area contributed by atoms with Crippen molar-refractivity contribution in [2.24, 2.45) is 10.2 Å². The minimum absolute atomic E-state index is 0. The average Bonchev–Trinajstić information content (AvgIpc) is 3.20. The van der Waals surface area contributed by atoms with Crippen molar-refractivity contribution in [2.75, 3.05) is 0 Å². The Bertz CT molecular complexity index is 1880. The maximum atomic E-state index is 12.2. The van der Waals surface area contributed by atoms with Gasteiger partial charge in [0, 0.05) is 34.6 Å². The van der Waals surface area contributed by atoms with Gasteiger partial charge in [-0.05, 0) is 48.5 Å². The molecular formula is C38H30Ag2N8O8. The predicted molar refractivity (Wildman–Crippen MR) is 201 cm³/mol. The topological polar surface area (TPSA) is 241 Å². The molecule has 292 valence electrons. The summed E-state index contributed by atoms with van der Waals surface area (Å²) in [4.78, 5) is 49.5. The monoisotopic (exact) mass is 940 g/mol. The molecule has 2 N–H and O–H groups in total. The molecule has 16 nitrogen and oxygen atoms in total. The molecule has 0 aliphatic heterocycles. The van der Waals surface area contributed by atoms with Gasteiger partial charge in [0.05, 0.1) is 21.6 Å². The zero-order chi connectivity index (χ0) is 39.0. The molecule has 0 atom stereocenters. The van der Waals surface area contributed by atoms with E-state index < -0.39 is 10.2 Å². The van der Waals surface area contributed by atoms with E-state index in [1.54, 1.807) is 36.7 Å². The SMILES string of the molecule is O=C(N/N=C(\c1ccccc1)c1ccccn1)c1ccccc1.O=C(N/N=C(\c1ccccc1)c1ccccn1)c1ccccc1.O=[N+]([O-])[O-].O=[N+]([O-])[O-].[Ag+].[Ag+]. The quantitative estimate of drug-likeness (QED) is 0.0775. The summed E-state index contributed by atoms with van der Waals surface area (Å²) in [6.45, 7) is 0. The van der Waals surface area contributed by atoms with Crippen LogP contribution in [0.25, 0.3) is 0 Å². The maximum absolute atomic E-state index is 12.2. The number of nitrogens with one attached hydrogen (secondary N) is 2. The minimum Gasteiger partial charge on any atom is -0.356 e. The molecule has 18 heteroatoms. The van der Waals surface area contributed by atoms with Crippen LogP contribution in [-0.4, -0.2) is 43.4 Å². The Hall–Kier alpha value is -6.66. The van der Waals surface area contributed by atoms with E-state index in [4.69, 9.17) is 30.6 Å². The third kappa shape index (κ3) is 17.9. The van der Waals surface area contributed by atoms with Gasteiger partial charge in [-0.3, -0.25) is 19.6 Å². The van der Waals surface area contributed by atoms with E-state index in [9.17, 15) is 9.59 Å². The first-order valence-corrected chi connectivity index (χ1v) is 15.6. The standard InChI is InChI=1S/2C19H15N3O.2Ag.2NO3/c2*23-19(16-11-5-2-6-12-16)22-21-18(15-9-3-1-4-10-15)17-13-7-8-14-20-17;;;2*2-1(3)4/h2*1-14H,(H,22,23);;;;/q;;2*+1;2*-1/b2*21-18+;;;;. The molecule has 0 aliphatic carbocycles. The molecule has 56 heavy (non-hydrogen) atoms. The van der Waals surface area contributed by atoms with Crippen molar-refractivity contribution in [1.82, 2.24) is 20.8 Å². The number of benzene rings is 4. The number of hydrogen-bond acceptors (Lipinski definition) is 12. The van der Waals surface area contributed by atoms with Gasteiger partial charge in [-0.1, -0.05) is 109 Å². The molecule has 4 aromatic carbocycles. The van der Waals surface area contributed by atoms with Crippen LogP contribution in [0.3, 0.4) is 0 Å². The average molecular weight is 942 g/mol. The van der Waals surface area contributed by atoms with Gasteiger partial charge in [0.1, 0.15) is 11.4 Å². The van der Waals surface area contributed by atoms with Gasteiger partial charge >= 0.3 is 44.8 Å². The molecule has 2 heterocycles. The Morgan fingerprint density at radius 3 is 0.929 bits per heavy atom. The van der Waals surface area contributed by atoms with Gasteiger partial charge in [-0.25, -0.2) is 10.9 Å². The number of amides is 2. The van der Waals surface area contributed by atoms with Crippen molar-refractivity contribution in [2.45, 2.75) is 0 Å². The van der Waals surface area contributed by atoms with Gasteiger partial charge in [-0.2, -0.15) is 10.2 Å². The summed E-state index contributed by atoms with van der Waals surface area (Å²) in [6.07, 6.45) is 3.40. The molecule has 0 bridgehead atoms. The molecule has 2 aromatic heterocycles. The summed E-state index contributed by atoms with van der Waals surface area (Å²) in [5.41, 5.74) is 10.8. The number of pyridine rings is 2. The first kappa shape index (κ1) is 47.4. The fourth-order valence-electron chi connectivity index (χ4n) is 4.26. The number of aromatic nitrogens is 2. The summed E-state index contributed by atoms with van der Waals surface area (Å²) in [5, 5.41) is 38.1. The number of nitrogens with zero attached hydrogens (tertiary/aromatic N) is 6. The summed E-state index contributed by atoms with van der Waals surface area (Å²) in [7, 11) is 0. The van der Waals surface area contributed by atoms with Gasteiger partial charge in [0.15, 0.2) is 0 Å². The second kappa shape index (κ2) is 27.0. The van der Waals surface area contributed by atoms with E-state index in [0.717, 1.165) is 11.1 Å². The Kier molecular flexibility index (Phi) is 22.8. The fourth-order valence-corrected chi connectivity index (χ4v) is 4.26. The van der Waals surface area contributed by atoms with E-state index in [-0.39, 0.29) is 56.6 Å². The van der Waals surface area contributed by atoms with E-state index in [0.29, 0.717) is 33.9 Å². The number of rotatable bonds is 8. The third-order valence-electron chi connectivity index (χ3n) is 6.52. The summed E-state index contributed by atoms with van der Waals surface area (Å²) in [5.74, 6) is -0.509. The minimum atomic E-state index is -1.75. The Labute approximate surface area is 351 Å². The fraction of sp³-hybridized carbons (Fsp3) is 0. The van der Waals surface area contributed by atoms with Crippen LogP contribution in [0.1, 0.15) is 43.2 Å². The number of hydrogen-bond donors (Lipinski definition) is 2. The first-order valence-electron chi connectivity index (χ1n) is 15.6. The molecule has 0 saturated carbocycles. The summed E-state index contributed by atoms with van der Waals surface area (Å²) >= 11 is 0. The Morgan fingerprint density at radius 1 is 0.429 bits per heavy atom. The Balaban J connectivity index is 0.000000457. The van der Waals surface area contributed by atoms with E-state index in [1.165, 1.54) is 0 Å². The summed E-state index contributed by atoms with van der Waals surface area (Å²) in [6, 6.07) is 48.4. The van der Waals surface area contributed by atoms with Crippen LogP contribution >= 0.6 is 0 Å². The molecule has 2 amide bonds. The van der Waals surface area contributed by atoms with Gasteiger partial charge in [-0.15, -0.1) is 0 Å². The van der Waals surface area contributed by atoms with Crippen LogP contribution in [0.15, 0.2) is 180 Å². The largest absolute Gasteiger partial charge is 1.00 e. The maximum Gasteiger partial charge on any atom is 1.00 e. The smallest absolute Gasteiger partial charge is 0.356 e. The molecule has 0 aliphatic rings. The second-order valence-electron chi connectivity index (χ2n) is 10.1. The second-order valence-corrected chi connectivity index (χ2v) is 10.1. The molecule has 0 spiro atoms. The van der Waals surface area contributed by atoms with Crippen molar-refractivity contribution in [3.63, 3.8) is 0 Å². The van der Waals surface area contributed by atoms with Crippen molar-refractivity contribution in [3.05, 3.63) is 234 Å². The zero-order valence-electron chi connectivity index (χ0n) is 28.7. The van der Waals surface area contributed by atoms with Gasteiger partial charge in [0.25, 0.3) is 11.8 Å². The molecule has 0 fully saturated rings. The molecule has 0 saturated heterocycles. The van der Waals surface area contributed by atoms with E-state index in [1.807, 2.05) is 133 Å². The molecule has 0 radical (unpaired) electrons. The van der Waals surface area contributed by atoms with Crippen LogP contribution in [0.4, 0.5) is 0 Å². The number of carbonyl (C=O) groups is 2. The van der Waals surface area contributed by atoms with Crippen LogP contribution in [-0.2, 0) is 44.8 Å². The van der Waals surface area contributed by atoms with Gasteiger partial charge < -0.3 is 30.6 Å². The van der Waals surface area contributed by atoms with E-state index >= 15 is 0 Å². The molecular weight excluding hydrogens is 912 g/mol. The van der Waals surface area contributed by atoms with Crippen molar-refractivity contribution < 1.29 is 64.5 Å². The van der Waals surface area contributed by atoms with Crippen molar-refractivity contribution in [1.29, 1.82) is 0 Å². The number of carbonyl (C=O) groups excluding carboxylic acids is 2. The first-order chi connectivity index (χ1) is 26.2. The van der Waals surface area contributed by atoms with Crippen molar-refractivity contribution >= 4 is 23.2 Å². The third-order valence-corrected chi connectivity index (χ3v) is 6.52. The predicted octanol–water partition coefficient (Wildman–Crippen LogP) is 6.04.